The maximum Gasteiger partial charge on any atom is 0.326 e. The molecule has 0 fully saturated rings. The minimum absolute atomic E-state index is 0.0424. The number of aromatic nitrogens is 2. The minimum atomic E-state index is -1.04. The molecule has 0 spiro atoms. The van der Waals surface area contributed by atoms with Crippen LogP contribution in [0.1, 0.15) is 37.2 Å². The molecule has 0 aliphatic carbocycles. The summed E-state index contributed by atoms with van der Waals surface area (Å²) in [6.07, 6.45) is 0.411. The highest BCUT2D eigenvalue weighted by Gasteiger charge is 2.23. The van der Waals surface area contributed by atoms with Crippen molar-refractivity contribution in [1.82, 2.24) is 15.1 Å². The fraction of sp³-hybridized carbons (Fsp3) is 0.421. The van der Waals surface area contributed by atoms with E-state index in [1.807, 2.05) is 20.8 Å². The van der Waals surface area contributed by atoms with E-state index in [1.165, 1.54) is 12.1 Å². The first kappa shape index (κ1) is 19.6. The Hall–Kier alpha value is -2.70. The number of nitrogens with zero attached hydrogens (tertiary/aromatic N) is 2. The Morgan fingerprint density at radius 3 is 2.38 bits per heavy atom. The number of aliphatic carboxylic acids is 1. The van der Waals surface area contributed by atoms with Gasteiger partial charge in [0.1, 0.15) is 11.9 Å². The van der Waals surface area contributed by atoms with E-state index in [-0.39, 0.29) is 24.1 Å². The lowest BCUT2D eigenvalue weighted by Gasteiger charge is -2.16. The molecular weight excluding hydrogens is 337 g/mol. The van der Waals surface area contributed by atoms with Crippen molar-refractivity contribution in [2.45, 2.75) is 46.6 Å². The molecule has 0 saturated heterocycles. The van der Waals surface area contributed by atoms with E-state index >= 15 is 0 Å². The van der Waals surface area contributed by atoms with Crippen LogP contribution in [0.25, 0.3) is 5.69 Å². The Morgan fingerprint density at radius 1 is 1.23 bits per heavy atom. The molecular formula is C19H24FN3O3. The maximum atomic E-state index is 13.1. The highest BCUT2D eigenvalue weighted by atomic mass is 19.1. The average Bonchev–Trinajstić information content (AvgIpc) is 2.82. The lowest BCUT2D eigenvalue weighted by Crippen LogP contribution is -2.42. The van der Waals surface area contributed by atoms with Crippen molar-refractivity contribution in [3.8, 4) is 5.69 Å². The molecule has 2 N–H and O–H groups in total. The number of hydrogen-bond donors (Lipinski definition) is 2. The first-order valence-corrected chi connectivity index (χ1v) is 8.52. The van der Waals surface area contributed by atoms with Gasteiger partial charge in [-0.3, -0.25) is 4.79 Å². The molecule has 2 rings (SSSR count). The van der Waals surface area contributed by atoms with Crippen molar-refractivity contribution >= 4 is 11.9 Å². The molecule has 26 heavy (non-hydrogen) atoms. The summed E-state index contributed by atoms with van der Waals surface area (Å²) in [7, 11) is 0. The summed E-state index contributed by atoms with van der Waals surface area (Å²) in [5, 5.41) is 16.3. The quantitative estimate of drug-likeness (QED) is 0.794. The third kappa shape index (κ3) is 4.68. The third-order valence-corrected chi connectivity index (χ3v) is 4.19. The first-order valence-electron chi connectivity index (χ1n) is 8.52. The highest BCUT2D eigenvalue weighted by Crippen LogP contribution is 2.19. The van der Waals surface area contributed by atoms with Gasteiger partial charge >= 0.3 is 5.97 Å². The molecule has 0 aliphatic rings. The molecule has 7 heteroatoms. The molecule has 2 aromatic rings. The molecule has 1 heterocycles. The second-order valence-electron chi connectivity index (χ2n) is 6.80. The highest BCUT2D eigenvalue weighted by molar-refractivity contribution is 5.85. The van der Waals surface area contributed by atoms with Crippen LogP contribution in [-0.2, 0) is 16.0 Å². The van der Waals surface area contributed by atoms with E-state index in [2.05, 4.69) is 10.4 Å². The smallest absolute Gasteiger partial charge is 0.326 e. The molecule has 0 aliphatic heterocycles. The zero-order valence-electron chi connectivity index (χ0n) is 15.4. The van der Waals surface area contributed by atoms with E-state index in [0.717, 1.165) is 11.3 Å². The number of hydrogen-bond acceptors (Lipinski definition) is 3. The van der Waals surface area contributed by atoms with Crippen LogP contribution in [-0.4, -0.2) is 32.8 Å². The van der Waals surface area contributed by atoms with Gasteiger partial charge in [0, 0.05) is 11.3 Å². The summed E-state index contributed by atoms with van der Waals surface area (Å²) in [6, 6.07) is 5.02. The summed E-state index contributed by atoms with van der Waals surface area (Å²) in [6.45, 7) is 7.43. The van der Waals surface area contributed by atoms with E-state index in [4.69, 9.17) is 0 Å². The number of rotatable bonds is 7. The van der Waals surface area contributed by atoms with Gasteiger partial charge in [-0.2, -0.15) is 5.10 Å². The fourth-order valence-corrected chi connectivity index (χ4v) is 2.86. The molecule has 0 bridgehead atoms. The van der Waals surface area contributed by atoms with Crippen molar-refractivity contribution < 1.29 is 19.1 Å². The van der Waals surface area contributed by atoms with E-state index in [1.54, 1.807) is 23.7 Å². The number of aryl methyl sites for hydroxylation is 1. The van der Waals surface area contributed by atoms with Crippen LogP contribution >= 0.6 is 0 Å². The molecule has 1 aromatic heterocycles. The van der Waals surface area contributed by atoms with Gasteiger partial charge in [-0.25, -0.2) is 13.9 Å². The van der Waals surface area contributed by atoms with E-state index in [0.29, 0.717) is 17.8 Å². The molecule has 0 unspecified atom stereocenters. The summed E-state index contributed by atoms with van der Waals surface area (Å²) in [5.74, 6) is -1.58. The van der Waals surface area contributed by atoms with Crippen molar-refractivity contribution in [2.24, 2.45) is 5.92 Å². The lowest BCUT2D eigenvalue weighted by atomic mass is 10.0. The first-order chi connectivity index (χ1) is 12.2. The standard InChI is InChI=1S/C19H24FN3O3/c1-11(2)9-17(19(25)26)21-18(24)10-16-12(3)22-23(13(16)4)15-7-5-14(20)6-8-15/h5-8,11,17H,9-10H2,1-4H3,(H,21,24)(H,25,26)/t17-/m1/s1. The summed E-state index contributed by atoms with van der Waals surface area (Å²) >= 11 is 0. The van der Waals surface area contributed by atoms with Crippen LogP contribution < -0.4 is 5.32 Å². The second-order valence-corrected chi connectivity index (χ2v) is 6.80. The van der Waals surface area contributed by atoms with Gasteiger partial charge in [-0.1, -0.05) is 13.8 Å². The number of carboxylic acid groups (broad SMARTS) is 1. The molecule has 140 valence electrons. The number of amides is 1. The largest absolute Gasteiger partial charge is 0.480 e. The van der Waals surface area contributed by atoms with Crippen molar-refractivity contribution in [2.75, 3.05) is 0 Å². The molecule has 1 amide bonds. The molecule has 1 atom stereocenters. The minimum Gasteiger partial charge on any atom is -0.480 e. The number of nitrogens with one attached hydrogen (secondary N) is 1. The van der Waals surface area contributed by atoms with Gasteiger partial charge in [0.25, 0.3) is 0 Å². The molecule has 6 nitrogen and oxygen atoms in total. The van der Waals surface area contributed by atoms with Crippen LogP contribution in [0.15, 0.2) is 24.3 Å². The van der Waals surface area contributed by atoms with Crippen molar-refractivity contribution in [3.63, 3.8) is 0 Å². The Balaban J connectivity index is 2.18. The topological polar surface area (TPSA) is 84.2 Å². The van der Waals surface area contributed by atoms with Crippen LogP contribution in [0, 0.1) is 25.6 Å². The van der Waals surface area contributed by atoms with Crippen molar-refractivity contribution in [1.29, 1.82) is 0 Å². The molecule has 1 aromatic carbocycles. The van der Waals surface area contributed by atoms with Gasteiger partial charge < -0.3 is 10.4 Å². The number of halogens is 1. The van der Waals surface area contributed by atoms with Crippen LogP contribution in [0.3, 0.4) is 0 Å². The van der Waals surface area contributed by atoms with Gasteiger partial charge in [0.2, 0.25) is 5.91 Å². The average molecular weight is 361 g/mol. The third-order valence-electron chi connectivity index (χ3n) is 4.19. The molecule has 0 radical (unpaired) electrons. The predicted octanol–water partition coefficient (Wildman–Crippen LogP) is 2.79. The number of carboxylic acids is 1. The Bertz CT molecular complexity index is 797. The monoisotopic (exact) mass is 361 g/mol. The Morgan fingerprint density at radius 2 is 1.85 bits per heavy atom. The summed E-state index contributed by atoms with van der Waals surface area (Å²) < 4.78 is 14.8. The van der Waals surface area contributed by atoms with Gasteiger partial charge in [-0.05, 0) is 50.5 Å². The summed E-state index contributed by atoms with van der Waals surface area (Å²) in [5.41, 5.74) is 2.88. The SMILES string of the molecule is Cc1nn(-c2ccc(F)cc2)c(C)c1CC(=O)N[C@H](CC(C)C)C(=O)O. The molecule has 0 saturated carbocycles. The normalized spacial score (nSPS) is 12.2. The zero-order chi connectivity index (χ0) is 19.4. The van der Waals surface area contributed by atoms with Crippen molar-refractivity contribution in [3.05, 3.63) is 47.0 Å². The lowest BCUT2D eigenvalue weighted by molar-refractivity contribution is -0.142. The van der Waals surface area contributed by atoms with Gasteiger partial charge in [0.15, 0.2) is 0 Å². The van der Waals surface area contributed by atoms with Crippen LogP contribution in [0.2, 0.25) is 0 Å². The van der Waals surface area contributed by atoms with Gasteiger partial charge in [-0.15, -0.1) is 0 Å². The number of benzene rings is 1. The summed E-state index contributed by atoms with van der Waals surface area (Å²) in [4.78, 5) is 23.7. The second kappa shape index (κ2) is 8.12. The Kier molecular flexibility index (Phi) is 6.13. The number of carbonyl (C=O) groups is 2. The van der Waals surface area contributed by atoms with E-state index in [9.17, 15) is 19.1 Å². The predicted molar refractivity (Wildman–Crippen MR) is 95.7 cm³/mol. The number of carbonyl (C=O) groups excluding carboxylic acids is 1. The van der Waals surface area contributed by atoms with Crippen LogP contribution in [0.4, 0.5) is 4.39 Å². The van der Waals surface area contributed by atoms with Crippen LogP contribution in [0.5, 0.6) is 0 Å². The van der Waals surface area contributed by atoms with Gasteiger partial charge in [0.05, 0.1) is 17.8 Å². The fourth-order valence-electron chi connectivity index (χ4n) is 2.86. The maximum absolute atomic E-state index is 13.1. The Labute approximate surface area is 152 Å². The van der Waals surface area contributed by atoms with E-state index < -0.39 is 12.0 Å². The zero-order valence-corrected chi connectivity index (χ0v) is 15.4.